The van der Waals surface area contributed by atoms with Crippen LogP contribution in [0.25, 0.3) is 0 Å². The van der Waals surface area contributed by atoms with Crippen LogP contribution in [0.5, 0.6) is 5.75 Å². The second-order valence-corrected chi connectivity index (χ2v) is 7.11. The molecule has 4 nitrogen and oxygen atoms in total. The van der Waals surface area contributed by atoms with Gasteiger partial charge in [-0.3, -0.25) is 4.55 Å². The Bertz CT molecular complexity index is 520. The summed E-state index contributed by atoms with van der Waals surface area (Å²) in [5.74, 6) is 0.138. The molecule has 0 aromatic heterocycles. The van der Waals surface area contributed by atoms with Crippen molar-refractivity contribution in [1.82, 2.24) is 0 Å². The molecular weight excluding hydrogens is 335 g/mol. The quantitative estimate of drug-likeness (QED) is 0.331. The van der Waals surface area contributed by atoms with Gasteiger partial charge in [0.1, 0.15) is 5.75 Å². The third kappa shape index (κ3) is 13.2. The van der Waals surface area contributed by atoms with Crippen LogP contribution in [0.15, 0.2) is 24.3 Å². The fraction of sp³-hybridized carbons (Fsp3) is 0.667. The Labute approximate surface area is 171 Å². The zero-order valence-corrected chi connectivity index (χ0v) is 18.0. The second-order valence-electron chi connectivity index (χ2n) is 6.09. The topological polar surface area (TPSA) is 63.6 Å². The summed E-state index contributed by atoms with van der Waals surface area (Å²) in [7, 11) is -4.43. The molecule has 1 aromatic carbocycles. The van der Waals surface area contributed by atoms with Crippen LogP contribution in [-0.2, 0) is 16.8 Å². The minimum atomic E-state index is -4.43. The Morgan fingerprint density at radius 1 is 0.875 bits per heavy atom. The fourth-order valence-corrected chi connectivity index (χ4v) is 3.00. The summed E-state index contributed by atoms with van der Waals surface area (Å²) in [5.41, 5.74) is 1.16. The van der Waals surface area contributed by atoms with E-state index in [0.29, 0.717) is 0 Å². The average molecular weight is 366 g/mol. The molecule has 1 rings (SSSR count). The molecule has 0 aliphatic rings. The van der Waals surface area contributed by atoms with Crippen molar-refractivity contribution < 1.29 is 48.1 Å². The molecule has 0 saturated carbocycles. The molecule has 0 aliphatic heterocycles. The second kappa shape index (κ2) is 14.1. The molecule has 6 heteroatoms. The van der Waals surface area contributed by atoms with Crippen molar-refractivity contribution in [1.29, 1.82) is 0 Å². The van der Waals surface area contributed by atoms with Crippen LogP contribution < -0.4 is 33.7 Å². The van der Waals surface area contributed by atoms with Crippen molar-refractivity contribution >= 4 is 10.4 Å². The van der Waals surface area contributed by atoms with Crippen LogP contribution >= 0.6 is 0 Å². The number of benzene rings is 1. The smallest absolute Gasteiger partial charge is 1.00 e. The molecule has 1 N–H and O–H groups in total. The summed E-state index contributed by atoms with van der Waals surface area (Å²) < 4.78 is 34.2. The molecule has 0 radical (unpaired) electrons. The van der Waals surface area contributed by atoms with E-state index in [0.717, 1.165) is 18.4 Å². The summed E-state index contributed by atoms with van der Waals surface area (Å²) in [5, 5.41) is 0. The largest absolute Gasteiger partial charge is 1.00 e. The van der Waals surface area contributed by atoms with Gasteiger partial charge in [-0.1, -0.05) is 76.8 Å². The SMILES string of the molecule is CCCCCCCCCCCCc1ccc(OS(=O)(=O)O)cc1.[H-].[Na+]. The molecule has 0 spiro atoms. The standard InChI is InChI=1S/C18H30O4S.Na.H/c1-2-3-4-5-6-7-8-9-10-11-12-17-13-15-18(16-14-17)22-23(19,20)21;;/h13-16H,2-12H2,1H3,(H,19,20,21);;/q;+1;-1. The van der Waals surface area contributed by atoms with E-state index in [1.54, 1.807) is 12.1 Å². The average Bonchev–Trinajstić information content (AvgIpc) is 2.49. The van der Waals surface area contributed by atoms with Gasteiger partial charge >= 0.3 is 40.0 Å². The van der Waals surface area contributed by atoms with Crippen LogP contribution in [0.3, 0.4) is 0 Å². The van der Waals surface area contributed by atoms with Gasteiger partial charge < -0.3 is 5.61 Å². The Morgan fingerprint density at radius 2 is 1.33 bits per heavy atom. The van der Waals surface area contributed by atoms with E-state index >= 15 is 0 Å². The Kier molecular flexibility index (Phi) is 14.1. The molecule has 0 aliphatic carbocycles. The molecule has 134 valence electrons. The first-order valence-electron chi connectivity index (χ1n) is 8.77. The zero-order valence-electron chi connectivity index (χ0n) is 16.2. The Morgan fingerprint density at radius 3 is 1.79 bits per heavy atom. The Balaban J connectivity index is 0. The minimum absolute atomic E-state index is 0. The first-order chi connectivity index (χ1) is 11.0. The summed E-state index contributed by atoms with van der Waals surface area (Å²) in [6.07, 6.45) is 14.2. The van der Waals surface area contributed by atoms with Crippen LogP contribution in [0.2, 0.25) is 0 Å². The Hall–Kier alpha value is -0.0700. The van der Waals surface area contributed by atoms with Crippen molar-refractivity contribution in [3.05, 3.63) is 29.8 Å². The molecule has 24 heavy (non-hydrogen) atoms. The van der Waals surface area contributed by atoms with Gasteiger partial charge in [0, 0.05) is 0 Å². The number of aryl methyl sites for hydroxylation is 1. The first kappa shape index (κ1) is 23.9. The van der Waals surface area contributed by atoms with Crippen molar-refractivity contribution in [3.8, 4) is 5.75 Å². The molecule has 0 bridgehead atoms. The summed E-state index contributed by atoms with van der Waals surface area (Å²) >= 11 is 0. The van der Waals surface area contributed by atoms with E-state index in [9.17, 15) is 8.42 Å². The number of unbranched alkanes of at least 4 members (excludes halogenated alkanes) is 9. The van der Waals surface area contributed by atoms with Crippen LogP contribution in [0.4, 0.5) is 0 Å². The van der Waals surface area contributed by atoms with Crippen LogP contribution in [0.1, 0.15) is 78.1 Å². The summed E-state index contributed by atoms with van der Waals surface area (Å²) in [6.45, 7) is 2.25. The monoisotopic (exact) mass is 366 g/mol. The molecular formula is C18H31NaO4S. The van der Waals surface area contributed by atoms with E-state index in [-0.39, 0.29) is 36.7 Å². The fourth-order valence-electron chi connectivity index (χ4n) is 2.65. The van der Waals surface area contributed by atoms with Gasteiger partial charge in [0.15, 0.2) is 0 Å². The van der Waals surface area contributed by atoms with Gasteiger partial charge in [-0.25, -0.2) is 0 Å². The third-order valence-electron chi connectivity index (χ3n) is 3.94. The minimum Gasteiger partial charge on any atom is -1.00 e. The molecule has 0 unspecified atom stereocenters. The van der Waals surface area contributed by atoms with Crippen molar-refractivity contribution in [2.24, 2.45) is 0 Å². The van der Waals surface area contributed by atoms with Crippen LogP contribution in [0, 0.1) is 0 Å². The molecule has 0 saturated heterocycles. The molecule has 0 amide bonds. The first-order valence-corrected chi connectivity index (χ1v) is 10.1. The van der Waals surface area contributed by atoms with Crippen LogP contribution in [-0.4, -0.2) is 13.0 Å². The summed E-state index contributed by atoms with van der Waals surface area (Å²) in [4.78, 5) is 0. The van der Waals surface area contributed by atoms with Gasteiger partial charge in [0.2, 0.25) is 0 Å². The van der Waals surface area contributed by atoms with Crippen molar-refractivity contribution in [2.45, 2.75) is 77.6 Å². The van der Waals surface area contributed by atoms with Gasteiger partial charge in [0.25, 0.3) is 0 Å². The number of hydrogen-bond donors (Lipinski definition) is 1. The predicted molar refractivity (Wildman–Crippen MR) is 95.3 cm³/mol. The van der Waals surface area contributed by atoms with Gasteiger partial charge in [0.05, 0.1) is 0 Å². The van der Waals surface area contributed by atoms with E-state index < -0.39 is 10.4 Å². The molecule has 0 atom stereocenters. The maximum atomic E-state index is 10.6. The number of hydrogen-bond acceptors (Lipinski definition) is 3. The predicted octanol–water partition coefficient (Wildman–Crippen LogP) is 2.45. The van der Waals surface area contributed by atoms with Gasteiger partial charge in [-0.2, -0.15) is 8.42 Å². The zero-order chi connectivity index (χ0) is 17.0. The van der Waals surface area contributed by atoms with Crippen molar-refractivity contribution in [2.75, 3.05) is 0 Å². The number of rotatable bonds is 13. The van der Waals surface area contributed by atoms with E-state index in [1.807, 2.05) is 12.1 Å². The van der Waals surface area contributed by atoms with E-state index in [2.05, 4.69) is 11.1 Å². The van der Waals surface area contributed by atoms with Gasteiger partial charge in [-0.05, 0) is 30.5 Å². The summed E-state index contributed by atoms with van der Waals surface area (Å²) in [6, 6.07) is 6.82. The normalized spacial score (nSPS) is 11.1. The maximum absolute atomic E-state index is 10.6. The maximum Gasteiger partial charge on any atom is 1.00 e. The molecule has 0 fully saturated rings. The van der Waals surface area contributed by atoms with E-state index in [4.69, 9.17) is 4.55 Å². The van der Waals surface area contributed by atoms with Gasteiger partial charge in [-0.15, -0.1) is 0 Å². The molecule has 0 heterocycles. The molecule has 1 aromatic rings. The van der Waals surface area contributed by atoms with Crippen molar-refractivity contribution in [3.63, 3.8) is 0 Å². The van der Waals surface area contributed by atoms with E-state index in [1.165, 1.54) is 57.8 Å². The third-order valence-corrected chi connectivity index (χ3v) is 4.35.